The van der Waals surface area contributed by atoms with E-state index in [1.165, 1.54) is 4.31 Å². The van der Waals surface area contributed by atoms with E-state index >= 15 is 0 Å². The quantitative estimate of drug-likeness (QED) is 0.451. The van der Waals surface area contributed by atoms with Gasteiger partial charge in [0.15, 0.2) is 0 Å². The van der Waals surface area contributed by atoms with Crippen LogP contribution in [0.1, 0.15) is 19.8 Å². The maximum Gasteiger partial charge on any atom is 0.279 e. The van der Waals surface area contributed by atoms with Gasteiger partial charge in [0.25, 0.3) is 10.2 Å². The molecule has 1 rings (SSSR count). The van der Waals surface area contributed by atoms with Crippen LogP contribution in [0, 0.1) is 11.3 Å². The van der Waals surface area contributed by atoms with E-state index in [4.69, 9.17) is 11.1 Å². The van der Waals surface area contributed by atoms with Crippen molar-refractivity contribution in [1.82, 2.24) is 9.03 Å². The van der Waals surface area contributed by atoms with Crippen LogP contribution in [0.5, 0.6) is 0 Å². The lowest BCUT2D eigenvalue weighted by Crippen LogP contribution is -2.47. The number of amidine groups is 1. The zero-order valence-corrected chi connectivity index (χ0v) is 9.68. The largest absolute Gasteiger partial charge is 0.387 e. The second kappa shape index (κ2) is 4.91. The molecular weight excluding hydrogens is 216 g/mol. The summed E-state index contributed by atoms with van der Waals surface area (Å²) in [6.07, 6.45) is 1.96. The minimum atomic E-state index is -3.45. The normalized spacial score (nSPS) is 23.9. The molecule has 15 heavy (non-hydrogen) atoms. The average molecular weight is 234 g/mol. The molecular formula is C8H18N4O2S. The first-order valence-corrected chi connectivity index (χ1v) is 6.43. The van der Waals surface area contributed by atoms with Gasteiger partial charge >= 0.3 is 0 Å². The van der Waals surface area contributed by atoms with Crippen molar-refractivity contribution < 1.29 is 8.42 Å². The van der Waals surface area contributed by atoms with E-state index in [1.807, 2.05) is 6.92 Å². The Balaban J connectivity index is 2.56. The van der Waals surface area contributed by atoms with Gasteiger partial charge in [-0.2, -0.15) is 17.4 Å². The summed E-state index contributed by atoms with van der Waals surface area (Å²) in [6.45, 7) is 3.02. The lowest BCUT2D eigenvalue weighted by atomic mass is 10.0. The summed E-state index contributed by atoms with van der Waals surface area (Å²) in [6, 6.07) is 0. The first kappa shape index (κ1) is 12.4. The Morgan fingerprint density at radius 3 is 2.87 bits per heavy atom. The highest BCUT2D eigenvalue weighted by Gasteiger charge is 2.26. The van der Waals surface area contributed by atoms with Crippen LogP contribution in [-0.4, -0.2) is 38.2 Å². The van der Waals surface area contributed by atoms with Gasteiger partial charge in [-0.15, -0.1) is 0 Å². The smallest absolute Gasteiger partial charge is 0.279 e. The number of piperidine rings is 1. The molecule has 0 spiro atoms. The predicted molar refractivity (Wildman–Crippen MR) is 58.8 cm³/mol. The molecule has 0 aromatic heterocycles. The number of nitrogens with one attached hydrogen (secondary N) is 2. The molecule has 6 nitrogen and oxygen atoms in total. The van der Waals surface area contributed by atoms with Gasteiger partial charge < -0.3 is 5.73 Å². The fraction of sp³-hybridized carbons (Fsp3) is 0.875. The van der Waals surface area contributed by atoms with Gasteiger partial charge in [-0.05, 0) is 18.8 Å². The standard InChI is InChI=1S/C8H18N4O2S/c1-7-3-2-4-12(6-7)15(13,14)11-5-8(9)10/h7,11H,2-6H2,1H3,(H3,9,10). The Morgan fingerprint density at radius 1 is 1.67 bits per heavy atom. The number of hydrogen-bond acceptors (Lipinski definition) is 3. The highest BCUT2D eigenvalue weighted by Crippen LogP contribution is 2.17. The molecule has 1 unspecified atom stereocenters. The lowest BCUT2D eigenvalue weighted by Gasteiger charge is -2.29. The average Bonchev–Trinajstić information content (AvgIpc) is 2.15. The first-order chi connectivity index (χ1) is 6.92. The summed E-state index contributed by atoms with van der Waals surface area (Å²) in [7, 11) is -3.45. The van der Waals surface area contributed by atoms with Crippen molar-refractivity contribution >= 4 is 16.0 Å². The maximum atomic E-state index is 11.7. The van der Waals surface area contributed by atoms with Crippen LogP contribution in [0.2, 0.25) is 0 Å². The minimum absolute atomic E-state index is 0.118. The van der Waals surface area contributed by atoms with Crippen LogP contribution in [-0.2, 0) is 10.2 Å². The summed E-state index contributed by atoms with van der Waals surface area (Å²) in [5.41, 5.74) is 5.09. The van der Waals surface area contributed by atoms with Crippen molar-refractivity contribution in [2.45, 2.75) is 19.8 Å². The molecule has 1 saturated heterocycles. The number of hydrogen-bond donors (Lipinski definition) is 3. The minimum Gasteiger partial charge on any atom is -0.387 e. The molecule has 1 fully saturated rings. The summed E-state index contributed by atoms with van der Waals surface area (Å²) < 4.78 is 27.1. The van der Waals surface area contributed by atoms with E-state index in [-0.39, 0.29) is 12.4 Å². The Morgan fingerprint density at radius 2 is 2.33 bits per heavy atom. The van der Waals surface area contributed by atoms with Crippen molar-refractivity contribution in [1.29, 1.82) is 5.41 Å². The SMILES string of the molecule is CC1CCCN(S(=O)(=O)NCC(=N)N)C1. The van der Waals surface area contributed by atoms with E-state index in [0.717, 1.165) is 12.8 Å². The van der Waals surface area contributed by atoms with Crippen molar-refractivity contribution in [3.63, 3.8) is 0 Å². The van der Waals surface area contributed by atoms with Crippen molar-refractivity contribution in [2.24, 2.45) is 11.7 Å². The van der Waals surface area contributed by atoms with Gasteiger partial charge in [0.05, 0.1) is 6.54 Å². The monoisotopic (exact) mass is 234 g/mol. The molecule has 1 aliphatic rings. The fourth-order valence-corrected chi connectivity index (χ4v) is 2.97. The van der Waals surface area contributed by atoms with Gasteiger partial charge in [0.2, 0.25) is 0 Å². The fourth-order valence-electron chi connectivity index (χ4n) is 1.62. The van der Waals surface area contributed by atoms with Crippen molar-refractivity contribution in [3.8, 4) is 0 Å². The zero-order chi connectivity index (χ0) is 11.5. The van der Waals surface area contributed by atoms with Gasteiger partial charge in [-0.25, -0.2) is 0 Å². The number of rotatable bonds is 4. The molecule has 4 N–H and O–H groups in total. The summed E-state index contributed by atoms with van der Waals surface area (Å²) in [5.74, 6) is 0.219. The molecule has 0 aliphatic carbocycles. The Hall–Kier alpha value is -0.660. The highest BCUT2D eigenvalue weighted by molar-refractivity contribution is 7.87. The van der Waals surface area contributed by atoms with E-state index in [9.17, 15) is 8.42 Å². The topological polar surface area (TPSA) is 99.3 Å². The third-order valence-corrected chi connectivity index (χ3v) is 3.93. The molecule has 1 atom stereocenters. The van der Waals surface area contributed by atoms with E-state index < -0.39 is 10.2 Å². The molecule has 88 valence electrons. The molecule has 7 heteroatoms. The van der Waals surface area contributed by atoms with Gasteiger partial charge in [-0.3, -0.25) is 5.41 Å². The first-order valence-electron chi connectivity index (χ1n) is 4.99. The van der Waals surface area contributed by atoms with E-state index in [0.29, 0.717) is 19.0 Å². The maximum absolute atomic E-state index is 11.7. The van der Waals surface area contributed by atoms with Crippen molar-refractivity contribution in [2.75, 3.05) is 19.6 Å². The van der Waals surface area contributed by atoms with Crippen LogP contribution in [0.4, 0.5) is 0 Å². The zero-order valence-electron chi connectivity index (χ0n) is 8.86. The van der Waals surface area contributed by atoms with Crippen LogP contribution in [0.3, 0.4) is 0 Å². The molecule has 0 aromatic rings. The Kier molecular flexibility index (Phi) is 4.06. The van der Waals surface area contributed by atoms with Crippen LogP contribution in [0.15, 0.2) is 0 Å². The molecule has 0 amide bonds. The third-order valence-electron chi connectivity index (χ3n) is 2.40. The Labute approximate surface area is 90.5 Å². The molecule has 0 saturated carbocycles. The second-order valence-electron chi connectivity index (χ2n) is 3.96. The molecule has 0 radical (unpaired) electrons. The van der Waals surface area contributed by atoms with Crippen LogP contribution in [0.25, 0.3) is 0 Å². The second-order valence-corrected chi connectivity index (χ2v) is 5.71. The molecule has 0 bridgehead atoms. The number of nitrogens with two attached hydrogens (primary N) is 1. The van der Waals surface area contributed by atoms with Crippen LogP contribution >= 0.6 is 0 Å². The molecule has 0 aromatic carbocycles. The Bertz CT molecular complexity index is 328. The number of nitrogens with zero attached hydrogens (tertiary/aromatic N) is 1. The molecule has 1 heterocycles. The molecule has 1 aliphatic heterocycles. The van der Waals surface area contributed by atoms with Crippen LogP contribution < -0.4 is 10.5 Å². The van der Waals surface area contributed by atoms with Crippen molar-refractivity contribution in [3.05, 3.63) is 0 Å². The summed E-state index contributed by atoms with van der Waals surface area (Å²) >= 11 is 0. The highest BCUT2D eigenvalue weighted by atomic mass is 32.2. The van der Waals surface area contributed by atoms with Gasteiger partial charge in [0.1, 0.15) is 5.84 Å². The predicted octanol–water partition coefficient (Wildman–Crippen LogP) is -0.511. The third kappa shape index (κ3) is 3.77. The lowest BCUT2D eigenvalue weighted by molar-refractivity contribution is 0.279. The van der Waals surface area contributed by atoms with E-state index in [1.54, 1.807) is 0 Å². The van der Waals surface area contributed by atoms with E-state index in [2.05, 4.69) is 4.72 Å². The van der Waals surface area contributed by atoms with Gasteiger partial charge in [0, 0.05) is 13.1 Å². The summed E-state index contributed by atoms with van der Waals surface area (Å²) in [5, 5.41) is 6.96. The van der Waals surface area contributed by atoms with Gasteiger partial charge in [-0.1, -0.05) is 6.92 Å². The summed E-state index contributed by atoms with van der Waals surface area (Å²) in [4.78, 5) is 0.